The van der Waals surface area contributed by atoms with Crippen molar-refractivity contribution >= 4 is 50.9 Å². The molecule has 0 saturated heterocycles. The molecule has 1 aromatic heterocycles. The van der Waals surface area contributed by atoms with Crippen molar-refractivity contribution in [3.63, 3.8) is 0 Å². The summed E-state index contributed by atoms with van der Waals surface area (Å²) in [6, 6.07) is 11.0. The number of carbonyl (C=O) groups is 1. The van der Waals surface area contributed by atoms with E-state index in [1.807, 2.05) is 26.0 Å². The summed E-state index contributed by atoms with van der Waals surface area (Å²) in [7, 11) is 0. The number of rotatable bonds is 5. The minimum atomic E-state index is -0.130. The van der Waals surface area contributed by atoms with Gasteiger partial charge in [-0.25, -0.2) is 0 Å². The van der Waals surface area contributed by atoms with Crippen molar-refractivity contribution in [2.75, 3.05) is 11.1 Å². The first kappa shape index (κ1) is 18.9. The third kappa shape index (κ3) is 4.66. The Morgan fingerprint density at radius 1 is 1.19 bits per heavy atom. The van der Waals surface area contributed by atoms with Crippen LogP contribution >= 0.6 is 39.3 Å². The topological polar surface area (TPSA) is 68.0 Å². The number of aromatic nitrogens is 2. The van der Waals surface area contributed by atoms with Gasteiger partial charge in [-0.3, -0.25) is 4.79 Å². The summed E-state index contributed by atoms with van der Waals surface area (Å²) in [6.07, 6.45) is 0. The highest BCUT2D eigenvalue weighted by atomic mass is 79.9. The Kier molecular flexibility index (Phi) is 6.01. The molecule has 0 aliphatic heterocycles. The van der Waals surface area contributed by atoms with E-state index in [0.717, 1.165) is 26.9 Å². The zero-order chi connectivity index (χ0) is 18.7. The molecular weight excluding hydrogens is 438 g/mol. The summed E-state index contributed by atoms with van der Waals surface area (Å²) < 4.78 is 6.57. The van der Waals surface area contributed by atoms with Crippen molar-refractivity contribution in [1.82, 2.24) is 10.2 Å². The fourth-order valence-electron chi connectivity index (χ4n) is 2.39. The van der Waals surface area contributed by atoms with E-state index < -0.39 is 0 Å². The van der Waals surface area contributed by atoms with Crippen LogP contribution < -0.4 is 5.32 Å². The molecule has 2 aromatic carbocycles. The fourth-order valence-corrected chi connectivity index (χ4v) is 3.76. The van der Waals surface area contributed by atoms with Gasteiger partial charge in [-0.05, 0) is 61.4 Å². The summed E-state index contributed by atoms with van der Waals surface area (Å²) in [5.41, 5.74) is 3.60. The number of carbonyl (C=O) groups excluding carboxylic acids is 1. The minimum Gasteiger partial charge on any atom is -0.411 e. The third-order valence-electron chi connectivity index (χ3n) is 3.59. The average Bonchev–Trinajstić information content (AvgIpc) is 3.06. The third-order valence-corrected chi connectivity index (χ3v) is 5.11. The van der Waals surface area contributed by atoms with Crippen LogP contribution in [0, 0.1) is 13.8 Å². The molecule has 0 spiro atoms. The Balaban J connectivity index is 1.61. The van der Waals surface area contributed by atoms with Crippen LogP contribution in [0.15, 0.2) is 50.5 Å². The molecule has 0 unspecified atom stereocenters. The highest BCUT2D eigenvalue weighted by molar-refractivity contribution is 9.10. The van der Waals surface area contributed by atoms with Gasteiger partial charge in [0.05, 0.1) is 5.75 Å². The molecule has 1 amide bonds. The van der Waals surface area contributed by atoms with Crippen LogP contribution in [0.1, 0.15) is 11.1 Å². The maximum atomic E-state index is 12.2. The van der Waals surface area contributed by atoms with Gasteiger partial charge in [0.15, 0.2) is 0 Å². The van der Waals surface area contributed by atoms with Crippen molar-refractivity contribution in [3.8, 4) is 11.5 Å². The lowest BCUT2D eigenvalue weighted by Gasteiger charge is -2.11. The lowest BCUT2D eigenvalue weighted by atomic mass is 10.1. The molecule has 1 N–H and O–H groups in total. The average molecular weight is 453 g/mol. The number of hydrogen-bond acceptors (Lipinski definition) is 5. The standard InChI is InChI=1S/C18H15BrClN3O2S/c1-10-7-13(19)8-11(2)16(10)21-15(24)9-26-18-23-22-17(25-18)12-3-5-14(20)6-4-12/h3-8H,9H2,1-2H3,(H,21,24). The number of nitrogens with one attached hydrogen (secondary N) is 1. The second-order valence-corrected chi connectivity index (χ2v) is 7.91. The zero-order valence-corrected chi connectivity index (χ0v) is 17.2. The monoisotopic (exact) mass is 451 g/mol. The van der Waals surface area contributed by atoms with Crippen LogP contribution in [0.4, 0.5) is 5.69 Å². The molecule has 0 saturated carbocycles. The second-order valence-electron chi connectivity index (χ2n) is 5.63. The van der Waals surface area contributed by atoms with Crippen LogP contribution in [0.2, 0.25) is 5.02 Å². The van der Waals surface area contributed by atoms with Gasteiger partial charge < -0.3 is 9.73 Å². The number of halogens is 2. The Morgan fingerprint density at radius 2 is 1.85 bits per heavy atom. The van der Waals surface area contributed by atoms with Crippen LogP contribution in [0.5, 0.6) is 0 Å². The van der Waals surface area contributed by atoms with Crippen molar-refractivity contribution in [1.29, 1.82) is 0 Å². The first-order valence-electron chi connectivity index (χ1n) is 7.71. The molecule has 1 heterocycles. The molecule has 134 valence electrons. The molecule has 0 aliphatic carbocycles. The maximum absolute atomic E-state index is 12.2. The number of amides is 1. The van der Waals surface area contributed by atoms with Crippen LogP contribution in [-0.4, -0.2) is 21.9 Å². The Morgan fingerprint density at radius 3 is 2.50 bits per heavy atom. The largest absolute Gasteiger partial charge is 0.411 e. The molecule has 8 heteroatoms. The predicted octanol–water partition coefficient (Wildman–Crippen LogP) is 5.50. The molecule has 0 radical (unpaired) electrons. The summed E-state index contributed by atoms with van der Waals surface area (Å²) >= 11 is 10.5. The number of benzene rings is 2. The van der Waals surface area contributed by atoms with E-state index in [2.05, 4.69) is 31.4 Å². The van der Waals surface area contributed by atoms with Crippen molar-refractivity contribution in [2.24, 2.45) is 0 Å². The van der Waals surface area contributed by atoms with E-state index in [1.165, 1.54) is 11.8 Å². The van der Waals surface area contributed by atoms with Crippen molar-refractivity contribution < 1.29 is 9.21 Å². The SMILES string of the molecule is Cc1cc(Br)cc(C)c1NC(=O)CSc1nnc(-c2ccc(Cl)cc2)o1. The first-order valence-corrected chi connectivity index (χ1v) is 9.87. The smallest absolute Gasteiger partial charge is 0.277 e. The molecule has 0 aliphatic rings. The number of thioether (sulfide) groups is 1. The second kappa shape index (κ2) is 8.24. The first-order chi connectivity index (χ1) is 12.4. The molecule has 3 rings (SSSR count). The van der Waals surface area contributed by atoms with Crippen LogP contribution in [0.25, 0.3) is 11.5 Å². The molecule has 5 nitrogen and oxygen atoms in total. The van der Waals surface area contributed by atoms with E-state index in [0.29, 0.717) is 16.1 Å². The van der Waals surface area contributed by atoms with E-state index in [4.69, 9.17) is 16.0 Å². The normalized spacial score (nSPS) is 10.8. The maximum Gasteiger partial charge on any atom is 0.277 e. The Hall–Kier alpha value is -1.83. The van der Waals surface area contributed by atoms with Crippen LogP contribution in [-0.2, 0) is 4.79 Å². The van der Waals surface area contributed by atoms with E-state index in [9.17, 15) is 4.79 Å². The number of aryl methyl sites for hydroxylation is 2. The van der Waals surface area contributed by atoms with E-state index in [-0.39, 0.29) is 11.7 Å². The van der Waals surface area contributed by atoms with Gasteiger partial charge in [0.2, 0.25) is 11.8 Å². The van der Waals surface area contributed by atoms with Gasteiger partial charge in [-0.2, -0.15) is 0 Å². The molecule has 0 fully saturated rings. The Bertz CT molecular complexity index is 921. The number of hydrogen-bond donors (Lipinski definition) is 1. The van der Waals surface area contributed by atoms with Crippen LogP contribution in [0.3, 0.4) is 0 Å². The van der Waals surface area contributed by atoms with Gasteiger partial charge in [-0.1, -0.05) is 39.3 Å². The van der Waals surface area contributed by atoms with Crippen molar-refractivity contribution in [2.45, 2.75) is 19.1 Å². The number of anilines is 1. The van der Waals surface area contributed by atoms with E-state index in [1.54, 1.807) is 24.3 Å². The van der Waals surface area contributed by atoms with E-state index >= 15 is 0 Å². The predicted molar refractivity (Wildman–Crippen MR) is 108 cm³/mol. The molecular formula is C18H15BrClN3O2S. The molecule has 26 heavy (non-hydrogen) atoms. The fraction of sp³-hybridized carbons (Fsp3) is 0.167. The van der Waals surface area contributed by atoms with Gasteiger partial charge >= 0.3 is 0 Å². The lowest BCUT2D eigenvalue weighted by molar-refractivity contribution is -0.113. The van der Waals surface area contributed by atoms with Crippen molar-refractivity contribution in [3.05, 3.63) is 57.0 Å². The van der Waals surface area contributed by atoms with Gasteiger partial charge in [0.25, 0.3) is 5.22 Å². The summed E-state index contributed by atoms with van der Waals surface area (Å²) in [6.45, 7) is 3.91. The summed E-state index contributed by atoms with van der Waals surface area (Å²) in [5, 5.41) is 11.9. The van der Waals surface area contributed by atoms with Gasteiger partial charge in [-0.15, -0.1) is 10.2 Å². The minimum absolute atomic E-state index is 0.130. The highest BCUT2D eigenvalue weighted by Gasteiger charge is 2.13. The molecule has 0 atom stereocenters. The number of nitrogens with zero attached hydrogens (tertiary/aromatic N) is 2. The van der Waals surface area contributed by atoms with Gasteiger partial charge in [0.1, 0.15) is 0 Å². The summed E-state index contributed by atoms with van der Waals surface area (Å²) in [4.78, 5) is 12.2. The quantitative estimate of drug-likeness (QED) is 0.518. The molecule has 0 bridgehead atoms. The lowest BCUT2D eigenvalue weighted by Crippen LogP contribution is -2.15. The van der Waals surface area contributed by atoms with Gasteiger partial charge in [0, 0.05) is 20.7 Å². The summed E-state index contributed by atoms with van der Waals surface area (Å²) in [5.74, 6) is 0.441. The Labute approximate surface area is 168 Å². The zero-order valence-electron chi connectivity index (χ0n) is 14.0. The molecule has 3 aromatic rings. The highest BCUT2D eigenvalue weighted by Crippen LogP contribution is 2.27.